The molecular formula is C21H23N3O5. The SMILES string of the molecule is CC(C)NC(=O)Nc1ccc(C(=O)N[C@@H]2c3cccc(O)c3C[C@@H]2C(=O)O)cc1. The number of benzene rings is 2. The number of amides is 3. The number of anilines is 1. The third kappa shape index (κ3) is 4.48. The standard InChI is InChI=1S/C21H23N3O5/c1-11(2)22-21(29)23-13-8-6-12(7-9-13)19(26)24-18-14-4-3-5-17(25)15(14)10-16(18)20(27)28/h3-9,11,16,18,25H,10H2,1-2H3,(H,24,26)(H,27,28)(H2,22,23,29)/t16-,18+/m0/s1. The maximum Gasteiger partial charge on any atom is 0.319 e. The Kier molecular flexibility index (Phi) is 5.72. The van der Waals surface area contributed by atoms with Crippen LogP contribution in [-0.2, 0) is 11.2 Å². The van der Waals surface area contributed by atoms with Gasteiger partial charge in [0.15, 0.2) is 0 Å². The number of phenols is 1. The predicted molar refractivity (Wildman–Crippen MR) is 107 cm³/mol. The van der Waals surface area contributed by atoms with Crippen molar-refractivity contribution >= 4 is 23.6 Å². The number of aliphatic carboxylic acids is 1. The van der Waals surface area contributed by atoms with E-state index in [0.717, 1.165) is 0 Å². The molecule has 0 fully saturated rings. The molecule has 152 valence electrons. The highest BCUT2D eigenvalue weighted by Gasteiger charge is 2.39. The Hall–Kier alpha value is -3.55. The number of hydrogen-bond donors (Lipinski definition) is 5. The number of aromatic hydroxyl groups is 1. The van der Waals surface area contributed by atoms with Crippen LogP contribution in [0.5, 0.6) is 5.75 Å². The van der Waals surface area contributed by atoms with E-state index in [1.807, 2.05) is 13.8 Å². The Balaban J connectivity index is 1.73. The van der Waals surface area contributed by atoms with Crippen molar-refractivity contribution in [3.05, 3.63) is 59.2 Å². The van der Waals surface area contributed by atoms with E-state index in [4.69, 9.17) is 0 Å². The van der Waals surface area contributed by atoms with Crippen molar-refractivity contribution in [2.75, 3.05) is 5.32 Å². The van der Waals surface area contributed by atoms with Gasteiger partial charge in [0.25, 0.3) is 5.91 Å². The van der Waals surface area contributed by atoms with Crippen LogP contribution in [0.25, 0.3) is 0 Å². The summed E-state index contributed by atoms with van der Waals surface area (Å²) in [4.78, 5) is 36.1. The Morgan fingerprint density at radius 1 is 1.07 bits per heavy atom. The van der Waals surface area contributed by atoms with Crippen molar-refractivity contribution in [1.29, 1.82) is 0 Å². The van der Waals surface area contributed by atoms with Crippen molar-refractivity contribution in [2.24, 2.45) is 5.92 Å². The van der Waals surface area contributed by atoms with Gasteiger partial charge in [0.2, 0.25) is 0 Å². The summed E-state index contributed by atoms with van der Waals surface area (Å²) >= 11 is 0. The molecule has 5 N–H and O–H groups in total. The molecule has 3 rings (SSSR count). The zero-order chi connectivity index (χ0) is 21.1. The van der Waals surface area contributed by atoms with Crippen molar-refractivity contribution < 1.29 is 24.6 Å². The summed E-state index contributed by atoms with van der Waals surface area (Å²) in [6, 6.07) is 10.0. The molecule has 0 heterocycles. The fourth-order valence-corrected chi connectivity index (χ4v) is 3.43. The van der Waals surface area contributed by atoms with Gasteiger partial charge in [-0.2, -0.15) is 0 Å². The van der Waals surface area contributed by atoms with Gasteiger partial charge in [-0.15, -0.1) is 0 Å². The summed E-state index contributed by atoms with van der Waals surface area (Å²) in [5.74, 6) is -2.30. The van der Waals surface area contributed by atoms with Gasteiger partial charge in [0.05, 0.1) is 12.0 Å². The average molecular weight is 397 g/mol. The van der Waals surface area contributed by atoms with Crippen LogP contribution < -0.4 is 16.0 Å². The van der Waals surface area contributed by atoms with Crippen LogP contribution in [0.4, 0.5) is 10.5 Å². The van der Waals surface area contributed by atoms with Crippen molar-refractivity contribution in [1.82, 2.24) is 10.6 Å². The lowest BCUT2D eigenvalue weighted by Gasteiger charge is -2.19. The maximum atomic E-state index is 12.7. The maximum absolute atomic E-state index is 12.7. The molecule has 0 saturated carbocycles. The van der Waals surface area contributed by atoms with Crippen molar-refractivity contribution in [3.8, 4) is 5.75 Å². The van der Waals surface area contributed by atoms with Gasteiger partial charge in [0, 0.05) is 22.9 Å². The fraction of sp³-hybridized carbons (Fsp3) is 0.286. The van der Waals surface area contributed by atoms with E-state index in [1.54, 1.807) is 36.4 Å². The quantitative estimate of drug-likeness (QED) is 0.530. The topological polar surface area (TPSA) is 128 Å². The predicted octanol–water partition coefficient (Wildman–Crippen LogP) is 2.65. The number of urea groups is 1. The monoisotopic (exact) mass is 397 g/mol. The Bertz CT molecular complexity index is 940. The molecule has 1 aliphatic carbocycles. The summed E-state index contributed by atoms with van der Waals surface area (Å²) in [5.41, 5.74) is 2.01. The molecule has 2 atom stereocenters. The van der Waals surface area contributed by atoms with Crippen LogP contribution in [0.1, 0.15) is 41.4 Å². The zero-order valence-corrected chi connectivity index (χ0v) is 16.1. The molecule has 1 aliphatic rings. The minimum atomic E-state index is -1.04. The van der Waals surface area contributed by atoms with Crippen molar-refractivity contribution in [2.45, 2.75) is 32.4 Å². The van der Waals surface area contributed by atoms with Crippen LogP contribution in [0.2, 0.25) is 0 Å². The van der Waals surface area contributed by atoms with Crippen LogP contribution in [-0.4, -0.2) is 34.2 Å². The largest absolute Gasteiger partial charge is 0.508 e. The number of fused-ring (bicyclic) bond motifs is 1. The number of carboxylic acid groups (broad SMARTS) is 1. The van der Waals surface area contributed by atoms with Crippen LogP contribution in [0, 0.1) is 5.92 Å². The third-order valence-electron chi connectivity index (χ3n) is 4.78. The number of phenolic OH excluding ortho intramolecular Hbond substituents is 1. The number of carbonyl (C=O) groups is 3. The first-order valence-corrected chi connectivity index (χ1v) is 9.28. The second kappa shape index (κ2) is 8.22. The number of hydrogen-bond acceptors (Lipinski definition) is 4. The highest BCUT2D eigenvalue weighted by Crippen LogP contribution is 2.40. The van der Waals surface area contributed by atoms with E-state index in [1.165, 1.54) is 6.07 Å². The third-order valence-corrected chi connectivity index (χ3v) is 4.78. The van der Waals surface area contributed by atoms with Gasteiger partial charge >= 0.3 is 12.0 Å². The Morgan fingerprint density at radius 2 is 1.76 bits per heavy atom. The lowest BCUT2D eigenvalue weighted by Crippen LogP contribution is -2.35. The summed E-state index contributed by atoms with van der Waals surface area (Å²) in [5, 5.41) is 27.7. The first kappa shape index (κ1) is 20.2. The molecule has 2 aromatic carbocycles. The molecule has 29 heavy (non-hydrogen) atoms. The fourth-order valence-electron chi connectivity index (χ4n) is 3.43. The molecule has 2 aromatic rings. The molecular weight excluding hydrogens is 374 g/mol. The first-order chi connectivity index (χ1) is 13.8. The van der Waals surface area contributed by atoms with Gasteiger partial charge in [0.1, 0.15) is 5.75 Å². The summed E-state index contributed by atoms with van der Waals surface area (Å²) in [6.07, 6.45) is 0.149. The van der Waals surface area contributed by atoms with E-state index < -0.39 is 23.8 Å². The molecule has 0 aromatic heterocycles. The van der Waals surface area contributed by atoms with E-state index in [2.05, 4.69) is 16.0 Å². The molecule has 0 bridgehead atoms. The molecule has 3 amide bonds. The van der Waals surface area contributed by atoms with Gasteiger partial charge in [-0.3, -0.25) is 9.59 Å². The van der Waals surface area contributed by atoms with Gasteiger partial charge in [-0.1, -0.05) is 12.1 Å². The lowest BCUT2D eigenvalue weighted by molar-refractivity contribution is -0.142. The second-order valence-corrected chi connectivity index (χ2v) is 7.28. The molecule has 0 spiro atoms. The molecule has 8 nitrogen and oxygen atoms in total. The van der Waals surface area contributed by atoms with Gasteiger partial charge < -0.3 is 26.2 Å². The molecule has 0 radical (unpaired) electrons. The van der Waals surface area contributed by atoms with E-state index in [-0.39, 0.29) is 24.2 Å². The Labute approximate surface area is 167 Å². The molecule has 8 heteroatoms. The lowest BCUT2D eigenvalue weighted by atomic mass is 10.00. The van der Waals surface area contributed by atoms with E-state index in [9.17, 15) is 24.6 Å². The van der Waals surface area contributed by atoms with Crippen LogP contribution in [0.3, 0.4) is 0 Å². The number of carbonyl (C=O) groups excluding carboxylic acids is 2. The average Bonchev–Trinajstić information content (AvgIpc) is 3.02. The smallest absolute Gasteiger partial charge is 0.319 e. The highest BCUT2D eigenvalue weighted by atomic mass is 16.4. The summed E-state index contributed by atoms with van der Waals surface area (Å²) in [6.45, 7) is 3.69. The molecule has 0 unspecified atom stereocenters. The normalized spacial score (nSPS) is 17.5. The summed E-state index contributed by atoms with van der Waals surface area (Å²) in [7, 11) is 0. The van der Waals surface area contributed by atoms with Crippen molar-refractivity contribution in [3.63, 3.8) is 0 Å². The number of rotatable bonds is 5. The summed E-state index contributed by atoms with van der Waals surface area (Å²) < 4.78 is 0. The second-order valence-electron chi connectivity index (χ2n) is 7.28. The van der Waals surface area contributed by atoms with Crippen LogP contribution in [0.15, 0.2) is 42.5 Å². The highest BCUT2D eigenvalue weighted by molar-refractivity contribution is 5.96. The van der Waals surface area contributed by atoms with Gasteiger partial charge in [-0.25, -0.2) is 4.79 Å². The van der Waals surface area contributed by atoms with E-state index >= 15 is 0 Å². The Morgan fingerprint density at radius 3 is 2.38 bits per heavy atom. The molecule has 0 saturated heterocycles. The number of nitrogens with one attached hydrogen (secondary N) is 3. The zero-order valence-electron chi connectivity index (χ0n) is 16.1. The number of carboxylic acids is 1. The van der Waals surface area contributed by atoms with E-state index in [0.29, 0.717) is 22.4 Å². The van der Waals surface area contributed by atoms with Gasteiger partial charge in [-0.05, 0) is 56.2 Å². The first-order valence-electron chi connectivity index (χ1n) is 9.28. The van der Waals surface area contributed by atoms with Crippen LogP contribution >= 0.6 is 0 Å². The molecule has 0 aliphatic heterocycles. The minimum absolute atomic E-state index is 0.00374. The minimum Gasteiger partial charge on any atom is -0.508 e.